The molecule has 2 rings (SSSR count). The van der Waals surface area contributed by atoms with Gasteiger partial charge in [-0.25, -0.2) is 8.42 Å². The Morgan fingerprint density at radius 2 is 2.05 bits per heavy atom. The first-order chi connectivity index (χ1) is 9.37. The van der Waals surface area contributed by atoms with Gasteiger partial charge in [-0.2, -0.15) is 4.31 Å². The number of sulfonamides is 1. The topological polar surface area (TPSA) is 80.5 Å². The van der Waals surface area contributed by atoms with E-state index in [1.807, 2.05) is 0 Å². The highest BCUT2D eigenvalue weighted by Crippen LogP contribution is 2.36. The molecule has 21 heavy (non-hydrogen) atoms. The summed E-state index contributed by atoms with van der Waals surface area (Å²) in [5.41, 5.74) is 6.11. The van der Waals surface area contributed by atoms with Gasteiger partial charge in [0.2, 0.25) is 10.0 Å². The van der Waals surface area contributed by atoms with Gasteiger partial charge in [0.25, 0.3) is 0 Å². The standard InChI is InChI=1S/C14H20N2O3S.ClH/c1-10(17)12-4-3-5-13(8-12)20(18,19)16(2)14(9-15)11-6-7-11;/h3-5,8,11,14H,6-7,9,15H2,1-2H3;1H. The Hall–Kier alpha value is -0.950. The number of Topliss-reactive ketones (excluding diaryl/α,β-unsaturated/α-hetero) is 1. The van der Waals surface area contributed by atoms with Crippen molar-refractivity contribution >= 4 is 28.2 Å². The fourth-order valence-electron chi connectivity index (χ4n) is 2.34. The predicted octanol–water partition coefficient (Wildman–Crippen LogP) is 1.67. The summed E-state index contributed by atoms with van der Waals surface area (Å²) in [5.74, 6) is 0.207. The van der Waals surface area contributed by atoms with Crippen molar-refractivity contribution in [2.45, 2.75) is 30.7 Å². The van der Waals surface area contributed by atoms with Crippen molar-refractivity contribution in [2.75, 3.05) is 13.6 Å². The maximum absolute atomic E-state index is 12.6. The molecule has 1 aromatic carbocycles. The number of nitrogens with two attached hydrogens (primary N) is 1. The minimum Gasteiger partial charge on any atom is -0.329 e. The molecule has 0 aromatic heterocycles. The highest BCUT2D eigenvalue weighted by molar-refractivity contribution is 7.89. The van der Waals surface area contributed by atoms with E-state index < -0.39 is 10.0 Å². The zero-order chi connectivity index (χ0) is 14.9. The second kappa shape index (κ2) is 6.87. The third kappa shape index (κ3) is 3.83. The zero-order valence-corrected chi connectivity index (χ0v) is 13.8. The van der Waals surface area contributed by atoms with Crippen LogP contribution in [0.15, 0.2) is 29.2 Å². The van der Waals surface area contributed by atoms with Crippen molar-refractivity contribution in [1.82, 2.24) is 4.31 Å². The fourth-order valence-corrected chi connectivity index (χ4v) is 3.81. The van der Waals surface area contributed by atoms with Gasteiger partial charge < -0.3 is 5.73 Å². The summed E-state index contributed by atoms with van der Waals surface area (Å²) in [7, 11) is -2.05. The minimum absolute atomic E-state index is 0. The van der Waals surface area contributed by atoms with Gasteiger partial charge in [0.05, 0.1) is 4.90 Å². The maximum atomic E-state index is 12.6. The van der Waals surface area contributed by atoms with Gasteiger partial charge in [0.15, 0.2) is 5.78 Å². The Balaban J connectivity index is 0.00000220. The van der Waals surface area contributed by atoms with E-state index in [0.717, 1.165) is 12.8 Å². The van der Waals surface area contributed by atoms with Crippen molar-refractivity contribution in [3.8, 4) is 0 Å². The van der Waals surface area contributed by atoms with Crippen LogP contribution in [0.4, 0.5) is 0 Å². The number of halogens is 1. The molecule has 7 heteroatoms. The number of carbonyl (C=O) groups excluding carboxylic acids is 1. The van der Waals surface area contributed by atoms with Crippen LogP contribution in [0, 0.1) is 5.92 Å². The number of hydrogen-bond acceptors (Lipinski definition) is 4. The Bertz CT molecular complexity index is 614. The van der Waals surface area contributed by atoms with E-state index in [0.29, 0.717) is 18.0 Å². The number of ketones is 1. The molecular weight excluding hydrogens is 312 g/mol. The van der Waals surface area contributed by atoms with E-state index in [-0.39, 0.29) is 29.1 Å². The zero-order valence-electron chi connectivity index (χ0n) is 12.2. The van der Waals surface area contributed by atoms with Crippen LogP contribution in [0.1, 0.15) is 30.1 Å². The molecule has 1 unspecified atom stereocenters. The Morgan fingerprint density at radius 3 is 2.52 bits per heavy atom. The van der Waals surface area contributed by atoms with Gasteiger partial charge in [-0.3, -0.25) is 4.79 Å². The molecule has 0 aliphatic heterocycles. The third-order valence-electron chi connectivity index (χ3n) is 3.79. The second-order valence-corrected chi connectivity index (χ2v) is 7.24. The molecule has 1 atom stereocenters. The lowest BCUT2D eigenvalue weighted by atomic mass is 10.2. The van der Waals surface area contributed by atoms with Gasteiger partial charge in [0.1, 0.15) is 0 Å². The van der Waals surface area contributed by atoms with E-state index >= 15 is 0 Å². The van der Waals surface area contributed by atoms with Crippen molar-refractivity contribution in [3.05, 3.63) is 29.8 Å². The number of rotatable bonds is 6. The summed E-state index contributed by atoms with van der Waals surface area (Å²) < 4.78 is 26.5. The molecule has 0 amide bonds. The SMILES string of the molecule is CC(=O)c1cccc(S(=O)(=O)N(C)C(CN)C2CC2)c1.Cl. The van der Waals surface area contributed by atoms with Gasteiger partial charge in [0, 0.05) is 25.2 Å². The summed E-state index contributed by atoms with van der Waals surface area (Å²) >= 11 is 0. The first kappa shape index (κ1) is 18.1. The summed E-state index contributed by atoms with van der Waals surface area (Å²) in [6.07, 6.45) is 2.05. The van der Waals surface area contributed by atoms with Crippen LogP contribution < -0.4 is 5.73 Å². The largest absolute Gasteiger partial charge is 0.329 e. The maximum Gasteiger partial charge on any atom is 0.243 e. The molecule has 0 heterocycles. The van der Waals surface area contributed by atoms with E-state index in [1.54, 1.807) is 19.2 Å². The smallest absolute Gasteiger partial charge is 0.243 e. The van der Waals surface area contributed by atoms with Crippen LogP contribution in [0.2, 0.25) is 0 Å². The molecule has 1 aromatic rings. The molecular formula is C14H21ClN2O3S. The van der Waals surface area contributed by atoms with Gasteiger partial charge in [-0.05, 0) is 37.8 Å². The predicted molar refractivity (Wildman–Crippen MR) is 84.2 cm³/mol. The Morgan fingerprint density at radius 1 is 1.43 bits per heavy atom. The van der Waals surface area contributed by atoms with Crippen LogP contribution in [0.25, 0.3) is 0 Å². The average Bonchev–Trinajstić information content (AvgIpc) is 3.24. The van der Waals surface area contributed by atoms with Crippen molar-refractivity contribution in [2.24, 2.45) is 11.7 Å². The lowest BCUT2D eigenvalue weighted by Crippen LogP contribution is -2.43. The summed E-state index contributed by atoms with van der Waals surface area (Å²) in [4.78, 5) is 11.5. The summed E-state index contributed by atoms with van der Waals surface area (Å²) in [5, 5.41) is 0. The van der Waals surface area contributed by atoms with E-state index in [2.05, 4.69) is 0 Å². The van der Waals surface area contributed by atoms with Crippen LogP contribution in [0.5, 0.6) is 0 Å². The van der Waals surface area contributed by atoms with E-state index in [1.165, 1.54) is 23.4 Å². The quantitative estimate of drug-likeness (QED) is 0.803. The van der Waals surface area contributed by atoms with Gasteiger partial charge in [-0.1, -0.05) is 12.1 Å². The van der Waals surface area contributed by atoms with Gasteiger partial charge in [-0.15, -0.1) is 12.4 Å². The van der Waals surface area contributed by atoms with Crippen molar-refractivity contribution < 1.29 is 13.2 Å². The van der Waals surface area contributed by atoms with Crippen LogP contribution in [-0.4, -0.2) is 38.1 Å². The molecule has 1 saturated carbocycles. The first-order valence-electron chi connectivity index (χ1n) is 6.67. The Labute approximate surface area is 132 Å². The second-order valence-electron chi connectivity index (χ2n) is 5.25. The van der Waals surface area contributed by atoms with Crippen LogP contribution in [0.3, 0.4) is 0 Å². The van der Waals surface area contributed by atoms with E-state index in [4.69, 9.17) is 5.73 Å². The molecule has 118 valence electrons. The van der Waals surface area contributed by atoms with Crippen LogP contribution in [-0.2, 0) is 10.0 Å². The molecule has 2 N–H and O–H groups in total. The fraction of sp³-hybridized carbons (Fsp3) is 0.500. The summed E-state index contributed by atoms with van der Waals surface area (Å²) in [6.45, 7) is 1.73. The number of carbonyl (C=O) groups is 1. The molecule has 1 aliphatic rings. The molecule has 0 bridgehead atoms. The van der Waals surface area contributed by atoms with E-state index in [9.17, 15) is 13.2 Å². The number of benzene rings is 1. The number of hydrogen-bond donors (Lipinski definition) is 1. The van der Waals surface area contributed by atoms with Crippen molar-refractivity contribution in [3.63, 3.8) is 0 Å². The lowest BCUT2D eigenvalue weighted by molar-refractivity contribution is 0.101. The lowest BCUT2D eigenvalue weighted by Gasteiger charge is -2.26. The Kier molecular flexibility index (Phi) is 5.92. The van der Waals surface area contributed by atoms with Gasteiger partial charge >= 0.3 is 0 Å². The monoisotopic (exact) mass is 332 g/mol. The summed E-state index contributed by atoms with van der Waals surface area (Å²) in [6, 6.07) is 5.98. The van der Waals surface area contributed by atoms with Crippen LogP contribution >= 0.6 is 12.4 Å². The highest BCUT2D eigenvalue weighted by Gasteiger charge is 2.38. The number of likely N-dealkylation sites (N-methyl/N-ethyl adjacent to an activating group) is 1. The highest BCUT2D eigenvalue weighted by atomic mass is 35.5. The number of nitrogens with zero attached hydrogens (tertiary/aromatic N) is 1. The molecule has 1 fully saturated rings. The minimum atomic E-state index is -3.61. The average molecular weight is 333 g/mol. The molecule has 0 saturated heterocycles. The molecule has 1 aliphatic carbocycles. The third-order valence-corrected chi connectivity index (χ3v) is 5.67. The molecule has 5 nitrogen and oxygen atoms in total. The normalized spacial score (nSPS) is 16.4. The van der Waals surface area contributed by atoms with Crippen molar-refractivity contribution in [1.29, 1.82) is 0 Å². The first-order valence-corrected chi connectivity index (χ1v) is 8.11. The molecule has 0 radical (unpaired) electrons. The molecule has 0 spiro atoms.